The Morgan fingerprint density at radius 2 is 1.70 bits per heavy atom. The molecule has 0 saturated heterocycles. The summed E-state index contributed by atoms with van der Waals surface area (Å²) in [5.74, 6) is 1.03. The Morgan fingerprint density at radius 3 is 2.52 bits per heavy atom. The molecule has 0 amide bonds. The van der Waals surface area contributed by atoms with Crippen LogP contribution in [0.2, 0.25) is 0 Å². The van der Waals surface area contributed by atoms with Crippen LogP contribution >= 0.6 is 11.3 Å². The van der Waals surface area contributed by atoms with Crippen molar-refractivity contribution in [3.8, 4) is 11.5 Å². The van der Waals surface area contributed by atoms with E-state index in [-0.39, 0.29) is 4.90 Å². The fourth-order valence-electron chi connectivity index (χ4n) is 4.09. The van der Waals surface area contributed by atoms with Gasteiger partial charge >= 0.3 is 0 Å². The molecular weight excluding hydrogens is 454 g/mol. The number of thiophene rings is 1. The maximum atomic E-state index is 13.6. The van der Waals surface area contributed by atoms with Crippen LogP contribution in [-0.4, -0.2) is 21.6 Å². The van der Waals surface area contributed by atoms with Gasteiger partial charge < -0.3 is 9.47 Å². The van der Waals surface area contributed by atoms with Crippen LogP contribution in [0.4, 0.5) is 0 Å². The van der Waals surface area contributed by atoms with E-state index in [1.807, 2.05) is 30.3 Å². The molecule has 1 aromatic heterocycles. The van der Waals surface area contributed by atoms with Gasteiger partial charge in [-0.3, -0.25) is 0 Å². The van der Waals surface area contributed by atoms with Crippen molar-refractivity contribution in [3.63, 3.8) is 0 Å². The van der Waals surface area contributed by atoms with E-state index in [1.165, 1.54) is 0 Å². The molecule has 1 unspecified atom stereocenters. The predicted molar refractivity (Wildman–Crippen MR) is 132 cm³/mol. The van der Waals surface area contributed by atoms with Crippen molar-refractivity contribution in [2.24, 2.45) is 0 Å². The average molecular weight is 480 g/mol. The normalized spacial score (nSPS) is 14.7. The number of sulfonamides is 1. The fourth-order valence-corrected chi connectivity index (χ4v) is 6.51. The minimum absolute atomic E-state index is 0.159. The highest BCUT2D eigenvalue weighted by Gasteiger charge is 2.27. The van der Waals surface area contributed by atoms with E-state index in [1.54, 1.807) is 29.5 Å². The number of ether oxygens (including phenoxy) is 2. The van der Waals surface area contributed by atoms with E-state index in [0.29, 0.717) is 24.7 Å². The van der Waals surface area contributed by atoms with Gasteiger partial charge in [0.1, 0.15) is 0 Å². The van der Waals surface area contributed by atoms with E-state index in [9.17, 15) is 8.42 Å². The Balaban J connectivity index is 1.57. The van der Waals surface area contributed by atoms with Crippen LogP contribution < -0.4 is 14.2 Å². The Morgan fingerprint density at radius 1 is 0.939 bits per heavy atom. The van der Waals surface area contributed by atoms with Gasteiger partial charge in [-0.15, -0.1) is 11.3 Å². The third kappa shape index (κ3) is 4.49. The highest BCUT2D eigenvalue weighted by atomic mass is 32.2. The van der Waals surface area contributed by atoms with E-state index >= 15 is 0 Å². The zero-order valence-corrected chi connectivity index (χ0v) is 19.9. The number of aryl methyl sites for hydroxylation is 1. The highest BCUT2D eigenvalue weighted by Crippen LogP contribution is 2.37. The second-order valence-electron chi connectivity index (χ2n) is 7.95. The van der Waals surface area contributed by atoms with Crippen LogP contribution in [0.5, 0.6) is 11.5 Å². The second kappa shape index (κ2) is 9.17. The number of nitrogens with one attached hydrogen (secondary N) is 1. The molecular formula is C26H25NO4S2. The van der Waals surface area contributed by atoms with Gasteiger partial charge in [-0.1, -0.05) is 49.4 Å². The summed E-state index contributed by atoms with van der Waals surface area (Å²) < 4.78 is 42.6. The Kier molecular flexibility index (Phi) is 6.10. The summed E-state index contributed by atoms with van der Waals surface area (Å²) in [4.78, 5) is 1.11. The number of hydrogen-bond donors (Lipinski definition) is 1. The van der Waals surface area contributed by atoms with Crippen molar-refractivity contribution in [3.05, 3.63) is 88.8 Å². The Bertz CT molecular complexity index is 1360. The molecule has 0 saturated carbocycles. The summed E-state index contributed by atoms with van der Waals surface area (Å²) in [6, 6.07) is 22.5. The number of rotatable bonds is 6. The molecule has 1 atom stereocenters. The standard InChI is InChI=1S/C26H25NO4S2/c1-2-18-8-3-5-10-21(18)26(25-16-19-9-4-6-11-24(19)32-25)27-33(28,29)20-12-13-22-23(17-20)31-15-7-14-30-22/h3-6,8-13,16-17,26-27H,2,7,14-15H2,1H3. The molecule has 5 nitrogen and oxygen atoms in total. The molecule has 3 aromatic carbocycles. The molecule has 1 aliphatic rings. The first kappa shape index (κ1) is 21.9. The van der Waals surface area contributed by atoms with Crippen LogP contribution in [0.1, 0.15) is 35.4 Å². The van der Waals surface area contributed by atoms with Gasteiger partial charge in [-0.25, -0.2) is 8.42 Å². The molecule has 0 aliphatic carbocycles. The van der Waals surface area contributed by atoms with Crippen LogP contribution in [0.3, 0.4) is 0 Å². The monoisotopic (exact) mass is 479 g/mol. The molecule has 33 heavy (non-hydrogen) atoms. The Hall–Kier alpha value is -2.87. The number of fused-ring (bicyclic) bond motifs is 2. The summed E-state index contributed by atoms with van der Waals surface area (Å²) in [6.45, 7) is 3.14. The van der Waals surface area contributed by atoms with E-state index in [4.69, 9.17) is 9.47 Å². The summed E-state index contributed by atoms with van der Waals surface area (Å²) in [7, 11) is -3.84. The van der Waals surface area contributed by atoms with Gasteiger partial charge in [0, 0.05) is 22.1 Å². The lowest BCUT2D eigenvalue weighted by Crippen LogP contribution is -2.29. The van der Waals surface area contributed by atoms with E-state index in [2.05, 4.69) is 35.9 Å². The lowest BCUT2D eigenvalue weighted by Gasteiger charge is -2.21. The summed E-state index contributed by atoms with van der Waals surface area (Å²) in [6.07, 6.45) is 1.57. The van der Waals surface area contributed by atoms with Crippen molar-refractivity contribution in [2.45, 2.75) is 30.7 Å². The first-order chi connectivity index (χ1) is 16.0. The molecule has 1 aliphatic heterocycles. The lowest BCUT2D eigenvalue weighted by atomic mass is 9.98. The van der Waals surface area contributed by atoms with Gasteiger partial charge in [0.05, 0.1) is 24.2 Å². The second-order valence-corrected chi connectivity index (χ2v) is 10.8. The number of benzene rings is 3. The van der Waals surface area contributed by atoms with E-state index in [0.717, 1.165) is 38.9 Å². The van der Waals surface area contributed by atoms with Crippen LogP contribution in [-0.2, 0) is 16.4 Å². The maximum Gasteiger partial charge on any atom is 0.241 e. The quantitative estimate of drug-likeness (QED) is 0.386. The first-order valence-corrected chi connectivity index (χ1v) is 13.3. The zero-order valence-electron chi connectivity index (χ0n) is 18.3. The molecule has 1 N–H and O–H groups in total. The number of hydrogen-bond acceptors (Lipinski definition) is 5. The molecule has 0 bridgehead atoms. The van der Waals surface area contributed by atoms with Gasteiger partial charge in [0.15, 0.2) is 11.5 Å². The fraction of sp³-hybridized carbons (Fsp3) is 0.231. The van der Waals surface area contributed by atoms with Crippen LogP contribution in [0.15, 0.2) is 77.7 Å². The van der Waals surface area contributed by atoms with Crippen LogP contribution in [0.25, 0.3) is 10.1 Å². The third-order valence-electron chi connectivity index (χ3n) is 5.78. The van der Waals surface area contributed by atoms with Crippen molar-refractivity contribution in [1.29, 1.82) is 0 Å². The van der Waals surface area contributed by atoms with Gasteiger partial charge in [0.2, 0.25) is 10.0 Å². The minimum atomic E-state index is -3.84. The topological polar surface area (TPSA) is 64.6 Å². The molecule has 0 spiro atoms. The molecule has 4 aromatic rings. The first-order valence-electron chi connectivity index (χ1n) is 11.0. The molecule has 0 radical (unpaired) electrons. The maximum absolute atomic E-state index is 13.6. The molecule has 170 valence electrons. The van der Waals surface area contributed by atoms with E-state index < -0.39 is 16.1 Å². The molecule has 7 heteroatoms. The van der Waals surface area contributed by atoms with Gasteiger partial charge in [-0.2, -0.15) is 4.72 Å². The molecule has 0 fully saturated rings. The van der Waals surface area contributed by atoms with Gasteiger partial charge in [-0.05, 0) is 47.2 Å². The predicted octanol–water partition coefficient (Wildman–Crippen LogP) is 5.69. The van der Waals surface area contributed by atoms with Crippen molar-refractivity contribution in [2.75, 3.05) is 13.2 Å². The average Bonchev–Trinajstić information content (AvgIpc) is 3.12. The molecule has 5 rings (SSSR count). The SMILES string of the molecule is CCc1ccccc1C(NS(=O)(=O)c1ccc2c(c1)OCCCO2)c1cc2ccccc2s1. The minimum Gasteiger partial charge on any atom is -0.490 e. The summed E-state index contributed by atoms with van der Waals surface area (Å²) in [5, 5.41) is 1.10. The van der Waals surface area contributed by atoms with Gasteiger partial charge in [0.25, 0.3) is 0 Å². The van der Waals surface area contributed by atoms with Crippen LogP contribution in [0, 0.1) is 0 Å². The summed E-state index contributed by atoms with van der Waals surface area (Å²) in [5.41, 5.74) is 2.07. The zero-order chi connectivity index (χ0) is 22.8. The highest BCUT2D eigenvalue weighted by molar-refractivity contribution is 7.89. The largest absolute Gasteiger partial charge is 0.490 e. The lowest BCUT2D eigenvalue weighted by molar-refractivity contribution is 0.297. The van der Waals surface area contributed by atoms with Crippen molar-refractivity contribution in [1.82, 2.24) is 4.72 Å². The van der Waals surface area contributed by atoms with Crippen molar-refractivity contribution >= 4 is 31.4 Å². The molecule has 2 heterocycles. The smallest absolute Gasteiger partial charge is 0.241 e. The van der Waals surface area contributed by atoms with Crippen molar-refractivity contribution < 1.29 is 17.9 Å². The summed E-state index contributed by atoms with van der Waals surface area (Å²) >= 11 is 1.61. The third-order valence-corrected chi connectivity index (χ3v) is 8.38. The Labute approximate surface area is 198 Å².